The average molecular weight is 411 g/mol. The largest absolute Gasteiger partial charge is 0.361 e. The third-order valence-electron chi connectivity index (χ3n) is 4.41. The number of aromatic nitrogens is 3. The number of rotatable bonds is 3. The van der Waals surface area contributed by atoms with Gasteiger partial charge >= 0.3 is 5.56 Å². The van der Waals surface area contributed by atoms with Crippen LogP contribution in [0, 0.1) is 13.8 Å². The van der Waals surface area contributed by atoms with Crippen LogP contribution < -0.4 is 10.1 Å². The molecule has 26 heavy (non-hydrogen) atoms. The lowest BCUT2D eigenvalue weighted by Gasteiger charge is -2.07. The first-order chi connectivity index (χ1) is 12.5. The van der Waals surface area contributed by atoms with Crippen LogP contribution in [0.3, 0.4) is 0 Å². The van der Waals surface area contributed by atoms with E-state index in [1.165, 1.54) is 0 Å². The van der Waals surface area contributed by atoms with E-state index >= 15 is 0 Å². The summed E-state index contributed by atoms with van der Waals surface area (Å²) in [5.41, 5.74) is 3.94. The molecule has 0 bridgehead atoms. The van der Waals surface area contributed by atoms with Gasteiger partial charge in [-0.1, -0.05) is 39.3 Å². The number of aryl methyl sites for hydroxylation is 2. The molecule has 5 nitrogen and oxygen atoms in total. The van der Waals surface area contributed by atoms with E-state index in [0.29, 0.717) is 23.6 Å². The van der Waals surface area contributed by atoms with E-state index in [1.807, 2.05) is 50.4 Å². The van der Waals surface area contributed by atoms with Crippen LogP contribution in [0.1, 0.15) is 17.0 Å². The molecule has 0 N–H and O–H groups in total. The number of pyridine rings is 1. The number of halogens is 1. The standard InChI is InChI=1S/C20H17BrN3O2/c1-13-19(14(2)26-22-13)17-12-23(11-15-6-5-7-16(21)10-15)18-8-3-4-9-24(18)20(17)25/h3-10,12H,11H2,1-2H3/q+1. The van der Waals surface area contributed by atoms with E-state index in [2.05, 4.69) is 37.8 Å². The van der Waals surface area contributed by atoms with Crippen LogP contribution in [0.15, 0.2) is 68.6 Å². The second-order valence-corrected chi connectivity index (χ2v) is 7.15. The van der Waals surface area contributed by atoms with Crippen molar-refractivity contribution >= 4 is 21.6 Å². The quantitative estimate of drug-likeness (QED) is 0.484. The highest BCUT2D eigenvalue weighted by molar-refractivity contribution is 9.10. The lowest BCUT2D eigenvalue weighted by molar-refractivity contribution is -0.665. The Morgan fingerprint density at radius 2 is 2.04 bits per heavy atom. The summed E-state index contributed by atoms with van der Waals surface area (Å²) in [5, 5.41) is 4.00. The van der Waals surface area contributed by atoms with E-state index in [1.54, 1.807) is 10.6 Å². The lowest BCUT2D eigenvalue weighted by Crippen LogP contribution is -2.40. The maximum absolute atomic E-state index is 13.1. The number of benzene rings is 1. The van der Waals surface area contributed by atoms with Gasteiger partial charge in [0.1, 0.15) is 24.1 Å². The van der Waals surface area contributed by atoms with Crippen molar-refractivity contribution in [1.82, 2.24) is 9.56 Å². The molecule has 0 fully saturated rings. The summed E-state index contributed by atoms with van der Waals surface area (Å²) in [5.74, 6) is 0.643. The third kappa shape index (κ3) is 2.86. The van der Waals surface area contributed by atoms with Gasteiger partial charge in [-0.25, -0.2) is 9.36 Å². The van der Waals surface area contributed by atoms with Gasteiger partial charge in [-0.3, -0.25) is 0 Å². The molecule has 0 amide bonds. The van der Waals surface area contributed by atoms with Crippen LogP contribution >= 0.6 is 15.9 Å². The van der Waals surface area contributed by atoms with Crippen LogP contribution in [0.5, 0.6) is 0 Å². The highest BCUT2D eigenvalue weighted by Crippen LogP contribution is 2.23. The first-order valence-electron chi connectivity index (χ1n) is 8.26. The van der Waals surface area contributed by atoms with Gasteiger partial charge in [0.15, 0.2) is 0 Å². The second-order valence-electron chi connectivity index (χ2n) is 6.23. The van der Waals surface area contributed by atoms with Crippen molar-refractivity contribution in [3.05, 3.63) is 86.7 Å². The predicted octanol–water partition coefficient (Wildman–Crippen LogP) is 3.67. The van der Waals surface area contributed by atoms with Gasteiger partial charge in [0.25, 0.3) is 5.65 Å². The Hall–Kier alpha value is -2.73. The number of nitrogens with zero attached hydrogens (tertiary/aromatic N) is 3. The SMILES string of the molecule is Cc1noc(C)c1-c1c[n+](Cc2cccc(Br)c2)c2ccccn2c1=O. The Morgan fingerprint density at radius 3 is 2.77 bits per heavy atom. The van der Waals surface area contributed by atoms with Crippen molar-refractivity contribution in [2.24, 2.45) is 0 Å². The number of fused-ring (bicyclic) bond motifs is 1. The maximum atomic E-state index is 13.1. The fourth-order valence-corrected chi connectivity index (χ4v) is 3.69. The number of hydrogen-bond donors (Lipinski definition) is 0. The minimum absolute atomic E-state index is 0.0829. The molecule has 130 valence electrons. The fraction of sp³-hybridized carbons (Fsp3) is 0.150. The summed E-state index contributed by atoms with van der Waals surface area (Å²) >= 11 is 3.52. The summed E-state index contributed by atoms with van der Waals surface area (Å²) in [6.45, 7) is 4.32. The maximum Gasteiger partial charge on any atom is 0.350 e. The third-order valence-corrected chi connectivity index (χ3v) is 4.90. The van der Waals surface area contributed by atoms with Gasteiger partial charge in [-0.05, 0) is 37.6 Å². The van der Waals surface area contributed by atoms with Gasteiger partial charge in [0.2, 0.25) is 0 Å². The van der Waals surface area contributed by atoms with Gasteiger partial charge in [-0.15, -0.1) is 0 Å². The van der Waals surface area contributed by atoms with Crippen LogP contribution in [0.25, 0.3) is 16.8 Å². The molecule has 0 unspecified atom stereocenters. The molecule has 3 aromatic heterocycles. The van der Waals surface area contributed by atoms with Crippen LogP contribution in [0.4, 0.5) is 0 Å². The van der Waals surface area contributed by atoms with Gasteiger partial charge in [0, 0.05) is 10.5 Å². The summed E-state index contributed by atoms with van der Waals surface area (Å²) in [6.07, 6.45) is 3.68. The summed E-state index contributed by atoms with van der Waals surface area (Å²) in [6, 6.07) is 13.9. The molecule has 0 atom stereocenters. The highest BCUT2D eigenvalue weighted by atomic mass is 79.9. The zero-order chi connectivity index (χ0) is 18.3. The first-order valence-corrected chi connectivity index (χ1v) is 9.05. The van der Waals surface area contributed by atoms with Crippen LogP contribution in [-0.2, 0) is 6.54 Å². The Bertz CT molecular complexity index is 1160. The molecule has 0 spiro atoms. The van der Waals surface area contributed by atoms with Crippen molar-refractivity contribution < 1.29 is 9.09 Å². The minimum Gasteiger partial charge on any atom is -0.361 e. The Balaban J connectivity index is 1.98. The average Bonchev–Trinajstić information content (AvgIpc) is 2.96. The van der Waals surface area contributed by atoms with Crippen LogP contribution in [-0.4, -0.2) is 9.56 Å². The predicted molar refractivity (Wildman–Crippen MR) is 102 cm³/mol. The zero-order valence-corrected chi connectivity index (χ0v) is 16.0. The molecule has 6 heteroatoms. The van der Waals surface area contributed by atoms with Crippen LogP contribution in [0.2, 0.25) is 0 Å². The van der Waals surface area contributed by atoms with Crippen molar-refractivity contribution in [2.75, 3.05) is 0 Å². The molecule has 0 saturated heterocycles. The highest BCUT2D eigenvalue weighted by Gasteiger charge is 2.22. The van der Waals surface area contributed by atoms with Crippen molar-refractivity contribution in [3.63, 3.8) is 0 Å². The number of hydrogen-bond acceptors (Lipinski definition) is 3. The Morgan fingerprint density at radius 1 is 1.19 bits per heavy atom. The van der Waals surface area contributed by atoms with E-state index in [-0.39, 0.29) is 5.56 Å². The van der Waals surface area contributed by atoms with E-state index in [0.717, 1.165) is 21.2 Å². The van der Waals surface area contributed by atoms with E-state index < -0.39 is 0 Å². The summed E-state index contributed by atoms with van der Waals surface area (Å²) in [4.78, 5) is 13.1. The smallest absolute Gasteiger partial charge is 0.350 e. The topological polar surface area (TPSA) is 51.4 Å². The molecular weight excluding hydrogens is 394 g/mol. The molecule has 0 radical (unpaired) electrons. The molecule has 0 saturated carbocycles. The molecule has 4 rings (SSSR count). The zero-order valence-electron chi connectivity index (χ0n) is 14.4. The molecule has 0 aliphatic rings. The second kappa shape index (κ2) is 6.53. The van der Waals surface area contributed by atoms with E-state index in [9.17, 15) is 4.79 Å². The van der Waals surface area contributed by atoms with Crippen molar-refractivity contribution in [2.45, 2.75) is 20.4 Å². The Kier molecular flexibility index (Phi) is 4.20. The summed E-state index contributed by atoms with van der Waals surface area (Å²) in [7, 11) is 0. The molecular formula is C20H17BrN3O2+. The molecule has 1 aromatic carbocycles. The van der Waals surface area contributed by atoms with Gasteiger partial charge in [-0.2, -0.15) is 4.40 Å². The van der Waals surface area contributed by atoms with E-state index in [4.69, 9.17) is 4.52 Å². The molecule has 4 aromatic rings. The first kappa shape index (κ1) is 16.7. The Labute approximate surface area is 158 Å². The van der Waals surface area contributed by atoms with Gasteiger partial charge < -0.3 is 4.52 Å². The normalized spacial score (nSPS) is 11.2. The lowest BCUT2D eigenvalue weighted by atomic mass is 10.1. The van der Waals surface area contributed by atoms with Crippen molar-refractivity contribution in [1.29, 1.82) is 0 Å². The summed E-state index contributed by atoms with van der Waals surface area (Å²) < 4.78 is 10.0. The molecule has 3 heterocycles. The minimum atomic E-state index is -0.0829. The van der Waals surface area contributed by atoms with Crippen molar-refractivity contribution in [3.8, 4) is 11.1 Å². The van der Waals surface area contributed by atoms with Gasteiger partial charge in [0.05, 0.1) is 17.5 Å². The fourth-order valence-electron chi connectivity index (χ4n) is 3.24. The molecule has 0 aliphatic carbocycles. The monoisotopic (exact) mass is 410 g/mol. The molecule has 0 aliphatic heterocycles.